The minimum Gasteiger partial charge on any atom is -0.481 e. The van der Waals surface area contributed by atoms with Gasteiger partial charge in [0.15, 0.2) is 0 Å². The highest BCUT2D eigenvalue weighted by Crippen LogP contribution is 2.54. The summed E-state index contributed by atoms with van der Waals surface area (Å²) in [4.78, 5) is 59.2. The molecule has 2 unspecified atom stereocenters. The van der Waals surface area contributed by atoms with E-state index in [4.69, 9.17) is 9.47 Å². The van der Waals surface area contributed by atoms with Crippen molar-refractivity contribution in [3.63, 3.8) is 0 Å². The number of para-hydroxylation sites is 2. The highest BCUT2D eigenvalue weighted by molar-refractivity contribution is 6.11. The largest absolute Gasteiger partial charge is 0.481 e. The van der Waals surface area contributed by atoms with E-state index in [0.29, 0.717) is 34.1 Å². The van der Waals surface area contributed by atoms with E-state index in [1.807, 2.05) is 121 Å². The van der Waals surface area contributed by atoms with Gasteiger partial charge in [0.25, 0.3) is 0 Å². The molecule has 1 aliphatic carbocycles. The molecule has 1 fully saturated rings. The SMILES string of the molecule is O=C(O)C1CC(C(=O)N(Cc2ccccc2)Cc2ccc(Oc3ccccc3)cc2)(C(=O)N(Cc2ccccc2)Cc2ccc(Oc3ccccc3)cc2)C1C(=O)O. The van der Waals surface area contributed by atoms with Crippen molar-refractivity contribution in [2.75, 3.05) is 0 Å². The molecule has 292 valence electrons. The lowest BCUT2D eigenvalue weighted by Crippen LogP contribution is -2.68. The average molecular weight is 775 g/mol. The van der Waals surface area contributed by atoms with Crippen molar-refractivity contribution < 1.29 is 38.9 Å². The Labute approximate surface area is 336 Å². The fourth-order valence-corrected chi connectivity index (χ4v) is 7.51. The Morgan fingerprint density at radius 1 is 0.448 bits per heavy atom. The van der Waals surface area contributed by atoms with Crippen LogP contribution in [0.5, 0.6) is 23.0 Å². The molecule has 1 aliphatic rings. The monoisotopic (exact) mass is 774 g/mol. The Morgan fingerprint density at radius 3 is 1.09 bits per heavy atom. The summed E-state index contributed by atoms with van der Waals surface area (Å²) in [7, 11) is 0. The summed E-state index contributed by atoms with van der Waals surface area (Å²) >= 11 is 0. The van der Waals surface area contributed by atoms with Crippen LogP contribution in [0.4, 0.5) is 0 Å². The van der Waals surface area contributed by atoms with E-state index in [1.165, 1.54) is 9.80 Å². The van der Waals surface area contributed by atoms with Gasteiger partial charge in [-0.1, -0.05) is 121 Å². The highest BCUT2D eigenvalue weighted by Gasteiger charge is 2.70. The Balaban J connectivity index is 1.24. The quantitative estimate of drug-likeness (QED) is 0.0933. The van der Waals surface area contributed by atoms with Gasteiger partial charge in [0, 0.05) is 26.2 Å². The van der Waals surface area contributed by atoms with Crippen LogP contribution in [0.2, 0.25) is 0 Å². The fraction of sp³-hybridized carbons (Fsp3) is 0.167. The number of hydrogen-bond donors (Lipinski definition) is 2. The normalized spacial score (nSPS) is 15.3. The highest BCUT2D eigenvalue weighted by atomic mass is 16.5. The number of aliphatic carboxylic acids is 2. The summed E-state index contributed by atoms with van der Waals surface area (Å²) in [5.41, 5.74) is 0.690. The maximum absolute atomic E-state index is 15.3. The molecule has 0 spiro atoms. The number of ether oxygens (including phenoxy) is 2. The Hall–Kier alpha value is -7.20. The first kappa shape index (κ1) is 39.1. The van der Waals surface area contributed by atoms with Crippen molar-refractivity contribution in [3.05, 3.63) is 192 Å². The van der Waals surface area contributed by atoms with Gasteiger partial charge >= 0.3 is 11.9 Å². The second-order valence-electron chi connectivity index (χ2n) is 14.3. The standard InChI is InChI=1S/C48H42N2O8/c51-44(52)42-29-48(43(42)45(53)54,46(55)49(30-34-13-5-1-6-14-34)32-36-21-25-40(26-22-36)57-38-17-9-3-10-18-38)47(56)50(31-35-15-7-2-8-16-35)33-37-23-27-41(28-24-37)58-39-19-11-4-12-20-39/h1-28,42-43H,29-33H2,(H,51,52)(H,53,54). The van der Waals surface area contributed by atoms with E-state index in [2.05, 4.69) is 0 Å². The molecule has 1 saturated carbocycles. The van der Waals surface area contributed by atoms with Gasteiger partial charge in [-0.05, 0) is 77.2 Å². The minimum atomic E-state index is -2.22. The third-order valence-electron chi connectivity index (χ3n) is 10.4. The maximum Gasteiger partial charge on any atom is 0.309 e. The topological polar surface area (TPSA) is 134 Å². The smallest absolute Gasteiger partial charge is 0.309 e. The third kappa shape index (κ3) is 8.92. The lowest BCUT2D eigenvalue weighted by molar-refractivity contribution is -0.194. The summed E-state index contributed by atoms with van der Waals surface area (Å²) in [5.74, 6) is -5.20. The Bertz CT molecular complexity index is 2180. The first-order valence-corrected chi connectivity index (χ1v) is 19.0. The first-order chi connectivity index (χ1) is 28.2. The van der Waals surface area contributed by atoms with Gasteiger partial charge in [-0.3, -0.25) is 19.2 Å². The molecule has 2 amide bonds. The van der Waals surface area contributed by atoms with Crippen LogP contribution < -0.4 is 9.47 Å². The summed E-state index contributed by atoms with van der Waals surface area (Å²) in [5, 5.41) is 20.9. The molecule has 0 heterocycles. The predicted octanol–water partition coefficient (Wildman–Crippen LogP) is 8.82. The summed E-state index contributed by atoms with van der Waals surface area (Å²) < 4.78 is 11.9. The molecule has 58 heavy (non-hydrogen) atoms. The van der Waals surface area contributed by atoms with Gasteiger partial charge in [-0.25, -0.2) is 0 Å². The zero-order valence-electron chi connectivity index (χ0n) is 31.6. The molecule has 10 heteroatoms. The predicted molar refractivity (Wildman–Crippen MR) is 217 cm³/mol. The molecule has 2 N–H and O–H groups in total. The van der Waals surface area contributed by atoms with Crippen LogP contribution in [-0.2, 0) is 45.4 Å². The molecule has 0 radical (unpaired) electrons. The molecule has 7 rings (SSSR count). The van der Waals surface area contributed by atoms with Crippen molar-refractivity contribution in [1.82, 2.24) is 9.80 Å². The van der Waals surface area contributed by atoms with Gasteiger partial charge in [0.2, 0.25) is 11.8 Å². The summed E-state index contributed by atoms with van der Waals surface area (Å²) in [6.07, 6.45) is -0.471. The van der Waals surface area contributed by atoms with Crippen LogP contribution >= 0.6 is 0 Å². The van der Waals surface area contributed by atoms with Crippen molar-refractivity contribution in [1.29, 1.82) is 0 Å². The third-order valence-corrected chi connectivity index (χ3v) is 10.4. The van der Waals surface area contributed by atoms with E-state index >= 15 is 9.59 Å². The Kier molecular flexibility index (Phi) is 11.9. The molecule has 10 nitrogen and oxygen atoms in total. The number of carboxylic acids is 2. The molecule has 6 aromatic rings. The van der Waals surface area contributed by atoms with Crippen molar-refractivity contribution in [2.24, 2.45) is 17.3 Å². The average Bonchev–Trinajstić information content (AvgIpc) is 3.22. The van der Waals surface area contributed by atoms with Gasteiger partial charge in [-0.2, -0.15) is 0 Å². The molecule has 0 saturated heterocycles. The second-order valence-corrected chi connectivity index (χ2v) is 14.3. The van der Waals surface area contributed by atoms with E-state index < -0.39 is 47.4 Å². The lowest BCUT2D eigenvalue weighted by Gasteiger charge is -2.51. The Morgan fingerprint density at radius 2 is 0.759 bits per heavy atom. The van der Waals surface area contributed by atoms with E-state index in [9.17, 15) is 19.8 Å². The van der Waals surface area contributed by atoms with Gasteiger partial charge in [0.05, 0.1) is 11.8 Å². The maximum atomic E-state index is 15.3. The van der Waals surface area contributed by atoms with Crippen LogP contribution in [0.1, 0.15) is 28.7 Å². The number of benzene rings is 6. The van der Waals surface area contributed by atoms with Crippen LogP contribution in [0.15, 0.2) is 170 Å². The molecule has 0 aromatic heterocycles. The van der Waals surface area contributed by atoms with Crippen LogP contribution in [0, 0.1) is 17.3 Å². The van der Waals surface area contributed by atoms with Crippen molar-refractivity contribution in [2.45, 2.75) is 32.6 Å². The number of carboxylic acid groups (broad SMARTS) is 2. The number of hydrogen-bond acceptors (Lipinski definition) is 6. The number of rotatable bonds is 16. The van der Waals surface area contributed by atoms with Crippen molar-refractivity contribution >= 4 is 23.8 Å². The number of carbonyl (C=O) groups excluding carboxylic acids is 2. The zero-order valence-corrected chi connectivity index (χ0v) is 31.6. The summed E-state index contributed by atoms with van der Waals surface area (Å²) in [6.45, 7) is 0.116. The van der Waals surface area contributed by atoms with Gasteiger partial charge in [0.1, 0.15) is 28.4 Å². The van der Waals surface area contributed by atoms with Crippen molar-refractivity contribution in [3.8, 4) is 23.0 Å². The van der Waals surface area contributed by atoms with Crippen LogP contribution in [0.3, 0.4) is 0 Å². The number of amides is 2. The van der Waals surface area contributed by atoms with Crippen LogP contribution in [0.25, 0.3) is 0 Å². The van der Waals surface area contributed by atoms with E-state index in [1.54, 1.807) is 48.5 Å². The molecule has 2 atom stereocenters. The van der Waals surface area contributed by atoms with Gasteiger partial charge in [-0.15, -0.1) is 0 Å². The fourth-order valence-electron chi connectivity index (χ4n) is 7.51. The minimum absolute atomic E-state index is 0.0139. The summed E-state index contributed by atoms with van der Waals surface area (Å²) in [6, 6.07) is 51.3. The van der Waals surface area contributed by atoms with Crippen LogP contribution in [-0.4, -0.2) is 43.8 Å². The van der Waals surface area contributed by atoms with E-state index in [-0.39, 0.29) is 26.2 Å². The molecule has 0 aliphatic heterocycles. The number of carbonyl (C=O) groups is 4. The molecule has 0 bridgehead atoms. The van der Waals surface area contributed by atoms with Gasteiger partial charge < -0.3 is 29.5 Å². The molecule has 6 aromatic carbocycles. The zero-order chi connectivity index (χ0) is 40.5. The first-order valence-electron chi connectivity index (χ1n) is 19.0. The van der Waals surface area contributed by atoms with E-state index in [0.717, 1.165) is 11.1 Å². The second kappa shape index (κ2) is 17.7. The lowest BCUT2D eigenvalue weighted by atomic mass is 9.52. The molecular formula is C48H42N2O8. The molecular weight excluding hydrogens is 733 g/mol. The number of nitrogens with zero attached hydrogens (tertiary/aromatic N) is 2.